The topological polar surface area (TPSA) is 107 Å². The summed E-state index contributed by atoms with van der Waals surface area (Å²) in [6.07, 6.45) is 13.1. The molecule has 0 spiro atoms. The first-order valence-electron chi connectivity index (χ1n) is 15.8. The van der Waals surface area contributed by atoms with Crippen molar-refractivity contribution in [1.82, 2.24) is 9.62 Å². The van der Waals surface area contributed by atoms with Gasteiger partial charge in [0.2, 0.25) is 10.0 Å². The van der Waals surface area contributed by atoms with E-state index in [1.807, 2.05) is 50.4 Å². The molecule has 0 aliphatic heterocycles. The number of carboxylic acids is 1. The molecule has 1 N–H and O–H groups in total. The second-order valence-electron chi connectivity index (χ2n) is 11.8. The number of aliphatic carboxylic acids is 1. The summed E-state index contributed by atoms with van der Waals surface area (Å²) in [5.74, 6) is -0.335. The molecule has 0 unspecified atom stereocenters. The number of unbranched alkanes of at least 4 members (excludes halogenated alkanes) is 2. The average Bonchev–Trinajstić information content (AvgIpc) is 3.00. The second-order valence-corrected chi connectivity index (χ2v) is 14.9. The van der Waals surface area contributed by atoms with E-state index in [0.29, 0.717) is 29.8 Å². The third-order valence-electron chi connectivity index (χ3n) is 8.47. The maximum absolute atomic E-state index is 13.4. The van der Waals surface area contributed by atoms with E-state index in [-0.39, 0.29) is 37.6 Å². The molecule has 1 aliphatic rings. The molecule has 3 rings (SSSR count). The minimum absolute atomic E-state index is 0. The molecular formula is C34H49LiN2O5S2. The summed E-state index contributed by atoms with van der Waals surface area (Å²) in [6.45, 7) is 4.66. The number of thioether (sulfide) groups is 1. The zero-order valence-corrected chi connectivity index (χ0v) is 28.7. The van der Waals surface area contributed by atoms with Crippen LogP contribution in [0.2, 0.25) is 0 Å². The van der Waals surface area contributed by atoms with Crippen LogP contribution in [0.4, 0.5) is 0 Å². The summed E-state index contributed by atoms with van der Waals surface area (Å²) < 4.78 is 28.5. The molecule has 238 valence electrons. The van der Waals surface area contributed by atoms with Crippen LogP contribution in [-0.2, 0) is 21.4 Å². The third kappa shape index (κ3) is 11.9. The van der Waals surface area contributed by atoms with Crippen LogP contribution in [0.25, 0.3) is 11.1 Å². The van der Waals surface area contributed by atoms with E-state index < -0.39 is 27.9 Å². The summed E-state index contributed by atoms with van der Waals surface area (Å²) in [5.41, 5.74) is 3.60. The van der Waals surface area contributed by atoms with Crippen molar-refractivity contribution in [3.05, 3.63) is 59.2 Å². The van der Waals surface area contributed by atoms with Crippen molar-refractivity contribution in [2.45, 2.75) is 97.1 Å². The molecule has 1 amide bonds. The summed E-state index contributed by atoms with van der Waals surface area (Å²) in [4.78, 5) is 25.2. The van der Waals surface area contributed by atoms with Crippen molar-refractivity contribution < 1.29 is 42.0 Å². The second kappa shape index (κ2) is 19.7. The molecule has 1 saturated carbocycles. The molecule has 0 radical (unpaired) electrons. The Kier molecular flexibility index (Phi) is 17.2. The molecule has 0 aromatic heterocycles. The van der Waals surface area contributed by atoms with E-state index in [1.54, 1.807) is 16.4 Å². The average molecular weight is 637 g/mol. The van der Waals surface area contributed by atoms with Crippen molar-refractivity contribution in [3.63, 3.8) is 0 Å². The van der Waals surface area contributed by atoms with Crippen molar-refractivity contribution in [2.24, 2.45) is 5.92 Å². The van der Waals surface area contributed by atoms with Crippen molar-refractivity contribution in [1.29, 1.82) is 0 Å². The van der Waals surface area contributed by atoms with E-state index in [9.17, 15) is 23.1 Å². The monoisotopic (exact) mass is 636 g/mol. The molecule has 1 atom stereocenters. The van der Waals surface area contributed by atoms with Gasteiger partial charge in [-0.3, -0.25) is 4.79 Å². The van der Waals surface area contributed by atoms with Gasteiger partial charge in [-0.05, 0) is 78.5 Å². The molecule has 1 fully saturated rings. The van der Waals surface area contributed by atoms with Gasteiger partial charge in [0.05, 0.1) is 17.8 Å². The maximum atomic E-state index is 13.4. The smallest absolute Gasteiger partial charge is 0.548 e. The molecule has 7 nitrogen and oxygen atoms in total. The van der Waals surface area contributed by atoms with Gasteiger partial charge >= 0.3 is 18.9 Å². The van der Waals surface area contributed by atoms with Gasteiger partial charge < -0.3 is 15.2 Å². The Morgan fingerprint density at radius 2 is 1.77 bits per heavy atom. The Morgan fingerprint density at radius 3 is 2.43 bits per heavy atom. The van der Waals surface area contributed by atoms with E-state index in [1.165, 1.54) is 43.9 Å². The number of hydrogen-bond donors (Lipinski definition) is 1. The fraction of sp³-hybridized carbons (Fsp3) is 0.588. The summed E-state index contributed by atoms with van der Waals surface area (Å²) in [7, 11) is -3.45. The van der Waals surface area contributed by atoms with Crippen LogP contribution in [-0.4, -0.2) is 54.9 Å². The molecule has 2 aromatic carbocycles. The number of carboxylic acid groups (broad SMARTS) is 1. The number of carbonyl (C=O) groups excluding carboxylic acids is 2. The quantitative estimate of drug-likeness (QED) is 0.199. The van der Waals surface area contributed by atoms with E-state index in [2.05, 4.69) is 5.32 Å². The van der Waals surface area contributed by atoms with E-state index in [0.717, 1.165) is 48.3 Å². The summed E-state index contributed by atoms with van der Waals surface area (Å²) in [6, 6.07) is 12.0. The normalized spacial score (nSPS) is 14.6. The number of hydrogen-bond acceptors (Lipinski definition) is 6. The van der Waals surface area contributed by atoms with Gasteiger partial charge in [0.25, 0.3) is 5.91 Å². The van der Waals surface area contributed by atoms with Crippen molar-refractivity contribution >= 4 is 33.7 Å². The third-order valence-corrected chi connectivity index (χ3v) is 11.0. The molecular weight excluding hydrogens is 587 g/mol. The van der Waals surface area contributed by atoms with Gasteiger partial charge in [0, 0.05) is 18.7 Å². The Balaban J connectivity index is 0.00000675. The Bertz CT molecular complexity index is 1300. The molecule has 2 aromatic rings. The van der Waals surface area contributed by atoms with Gasteiger partial charge in [-0.2, -0.15) is 16.1 Å². The molecule has 0 bridgehead atoms. The largest absolute Gasteiger partial charge is 1.00 e. The first kappa shape index (κ1) is 38.4. The first-order chi connectivity index (χ1) is 20.7. The van der Waals surface area contributed by atoms with Gasteiger partial charge in [0.15, 0.2) is 0 Å². The molecule has 44 heavy (non-hydrogen) atoms. The number of carbonyl (C=O) groups is 2. The predicted octanol–water partition coefficient (Wildman–Crippen LogP) is 2.95. The van der Waals surface area contributed by atoms with Crippen molar-refractivity contribution in [2.75, 3.05) is 24.3 Å². The van der Waals surface area contributed by atoms with Crippen LogP contribution >= 0.6 is 11.8 Å². The Labute approximate surface area is 281 Å². The molecule has 0 heterocycles. The van der Waals surface area contributed by atoms with E-state index >= 15 is 0 Å². The zero-order valence-electron chi connectivity index (χ0n) is 27.1. The predicted molar refractivity (Wildman–Crippen MR) is 175 cm³/mol. The Hall–Kier alpha value is -1.76. The minimum Gasteiger partial charge on any atom is -0.548 e. The number of amides is 1. The van der Waals surface area contributed by atoms with Crippen LogP contribution in [0.1, 0.15) is 99.0 Å². The fourth-order valence-corrected chi connectivity index (χ4v) is 8.02. The van der Waals surface area contributed by atoms with E-state index in [4.69, 9.17) is 0 Å². The SMILES string of the molecule is CCCCS(=O)(=O)N(CCCCC1CCCCC1)Cc1ccc(C(=O)N[C@@H](CCSC)C(=O)[O-])c(-c2ccccc2C)c1.[Li+]. The summed E-state index contributed by atoms with van der Waals surface area (Å²) in [5, 5.41) is 14.4. The molecule has 10 heteroatoms. The van der Waals surface area contributed by atoms with Crippen LogP contribution in [0, 0.1) is 12.8 Å². The fourth-order valence-electron chi connectivity index (χ4n) is 5.88. The standard InChI is InChI=1S/C34H50N2O5S2.Li/c1-4-5-23-43(40,41)36(21-12-11-16-27-14-7-6-8-15-27)25-28-18-19-30(31(24-28)29-17-10-9-13-26(29)2)33(37)35-32(34(38)39)20-22-42-3;/h9-10,13,17-19,24,27,32H,4-8,11-12,14-16,20-23,25H2,1-3H3,(H,35,37)(H,38,39);/q;+1/p-1/t32-;/m0./s1. The minimum atomic E-state index is -3.45. The van der Waals surface area contributed by atoms with Gasteiger partial charge in [-0.25, -0.2) is 8.42 Å². The van der Waals surface area contributed by atoms with Crippen LogP contribution in [0.15, 0.2) is 42.5 Å². The Morgan fingerprint density at radius 1 is 1.05 bits per heavy atom. The van der Waals surface area contributed by atoms with Crippen molar-refractivity contribution in [3.8, 4) is 11.1 Å². The molecule has 1 aliphatic carbocycles. The number of nitrogens with zero attached hydrogens (tertiary/aromatic N) is 1. The van der Waals surface area contributed by atoms with Crippen LogP contribution < -0.4 is 29.3 Å². The van der Waals surface area contributed by atoms with Gasteiger partial charge in [-0.1, -0.05) is 88.6 Å². The van der Waals surface area contributed by atoms with Crippen LogP contribution in [0.3, 0.4) is 0 Å². The first-order valence-corrected chi connectivity index (χ1v) is 18.8. The molecule has 0 saturated heterocycles. The number of aryl methyl sites for hydroxylation is 1. The number of rotatable bonds is 18. The number of sulfonamides is 1. The maximum Gasteiger partial charge on any atom is 1.00 e. The van der Waals surface area contributed by atoms with Crippen LogP contribution in [0.5, 0.6) is 0 Å². The van der Waals surface area contributed by atoms with Gasteiger partial charge in [0.1, 0.15) is 0 Å². The van der Waals surface area contributed by atoms with Gasteiger partial charge in [-0.15, -0.1) is 0 Å². The summed E-state index contributed by atoms with van der Waals surface area (Å²) >= 11 is 1.50. The zero-order chi connectivity index (χ0) is 31.2. The number of nitrogens with one attached hydrogen (secondary N) is 1. The number of benzene rings is 2.